The smallest absolute Gasteiger partial charge is 0.0788 e. The van der Waals surface area contributed by atoms with Gasteiger partial charge in [0.1, 0.15) is 0 Å². The van der Waals surface area contributed by atoms with E-state index in [1.165, 1.54) is 43.5 Å². The largest absolute Gasteiger partial charge is 0.315 e. The Kier molecular flexibility index (Phi) is 5.82. The van der Waals surface area contributed by atoms with Gasteiger partial charge in [-0.05, 0) is 77.5 Å². The second kappa shape index (κ2) is 10.3. The van der Waals surface area contributed by atoms with E-state index in [1.807, 2.05) is 0 Å². The summed E-state index contributed by atoms with van der Waals surface area (Å²) >= 11 is 0. The molecule has 9 rings (SSSR count). The van der Waals surface area contributed by atoms with E-state index in [0.29, 0.717) is 0 Å². The standard InChI is InChI=1S/C42H29N3/c1-3-14-33(15-4-1)44(37-24-22-30-12-7-8-13-32(30)28-37)36-19-11-18-35(29-36)43-27-26-31-23-25-39-38-20-9-10-21-40(38)45(42(39)41(31)43)34-16-5-2-6-17-34/h1-29H. The second-order valence-corrected chi connectivity index (χ2v) is 11.5. The molecule has 212 valence electrons. The second-order valence-electron chi connectivity index (χ2n) is 11.5. The van der Waals surface area contributed by atoms with Crippen LogP contribution in [0.15, 0.2) is 176 Å². The third kappa shape index (κ3) is 4.13. The Morgan fingerprint density at radius 3 is 1.91 bits per heavy atom. The minimum atomic E-state index is 1.10. The highest BCUT2D eigenvalue weighted by Gasteiger charge is 2.19. The van der Waals surface area contributed by atoms with Gasteiger partial charge in [0.05, 0.1) is 16.6 Å². The van der Waals surface area contributed by atoms with Crippen LogP contribution < -0.4 is 4.90 Å². The van der Waals surface area contributed by atoms with Gasteiger partial charge < -0.3 is 14.0 Å². The maximum absolute atomic E-state index is 2.42. The van der Waals surface area contributed by atoms with Crippen LogP contribution >= 0.6 is 0 Å². The maximum Gasteiger partial charge on any atom is 0.0788 e. The molecule has 0 aliphatic heterocycles. The average Bonchev–Trinajstić information content (AvgIpc) is 3.69. The van der Waals surface area contributed by atoms with Gasteiger partial charge in [-0.3, -0.25) is 0 Å². The predicted octanol–water partition coefficient (Wildman–Crippen LogP) is 11.4. The fraction of sp³-hybridized carbons (Fsp3) is 0. The highest BCUT2D eigenvalue weighted by Crippen LogP contribution is 2.40. The van der Waals surface area contributed by atoms with Crippen molar-refractivity contribution in [1.82, 2.24) is 9.13 Å². The van der Waals surface area contributed by atoms with Gasteiger partial charge in [-0.25, -0.2) is 0 Å². The quantitative estimate of drug-likeness (QED) is 0.199. The number of hydrogen-bond donors (Lipinski definition) is 0. The highest BCUT2D eigenvalue weighted by atomic mass is 15.1. The van der Waals surface area contributed by atoms with Gasteiger partial charge in [-0.15, -0.1) is 0 Å². The molecule has 2 aromatic heterocycles. The molecule has 0 fully saturated rings. The van der Waals surface area contributed by atoms with Crippen molar-refractivity contribution in [3.8, 4) is 11.4 Å². The number of anilines is 3. The summed E-state index contributed by atoms with van der Waals surface area (Å²) in [4.78, 5) is 2.35. The van der Waals surface area contributed by atoms with Gasteiger partial charge in [0.15, 0.2) is 0 Å². The fourth-order valence-electron chi connectivity index (χ4n) is 6.86. The maximum atomic E-state index is 2.42. The molecule has 3 nitrogen and oxygen atoms in total. The van der Waals surface area contributed by atoms with Crippen molar-refractivity contribution in [3.05, 3.63) is 176 Å². The van der Waals surface area contributed by atoms with Crippen LogP contribution in [0.25, 0.3) is 54.9 Å². The summed E-state index contributed by atoms with van der Waals surface area (Å²) < 4.78 is 4.77. The Bertz CT molecular complexity index is 2490. The molecule has 0 aliphatic rings. The van der Waals surface area contributed by atoms with Crippen molar-refractivity contribution < 1.29 is 0 Å². The average molecular weight is 576 g/mol. The van der Waals surface area contributed by atoms with Crippen LogP contribution in [0.4, 0.5) is 17.1 Å². The molecular weight excluding hydrogens is 546 g/mol. The molecular formula is C42H29N3. The van der Waals surface area contributed by atoms with Gasteiger partial charge in [-0.1, -0.05) is 103 Å². The lowest BCUT2D eigenvalue weighted by molar-refractivity contribution is 1.11. The Morgan fingerprint density at radius 1 is 0.378 bits per heavy atom. The van der Waals surface area contributed by atoms with Crippen molar-refractivity contribution in [1.29, 1.82) is 0 Å². The first-order chi connectivity index (χ1) is 22.3. The molecule has 2 heterocycles. The van der Waals surface area contributed by atoms with Crippen LogP contribution in [0.3, 0.4) is 0 Å². The fourth-order valence-corrected chi connectivity index (χ4v) is 6.86. The summed E-state index contributed by atoms with van der Waals surface area (Å²) in [6, 6.07) is 60.9. The van der Waals surface area contributed by atoms with Crippen molar-refractivity contribution in [3.63, 3.8) is 0 Å². The van der Waals surface area contributed by atoms with Crippen LogP contribution in [0.1, 0.15) is 0 Å². The normalized spacial score (nSPS) is 11.6. The van der Waals surface area contributed by atoms with E-state index in [4.69, 9.17) is 0 Å². The van der Waals surface area contributed by atoms with Gasteiger partial charge in [0.25, 0.3) is 0 Å². The minimum absolute atomic E-state index is 1.10. The molecule has 0 radical (unpaired) electrons. The Morgan fingerprint density at radius 2 is 1.04 bits per heavy atom. The van der Waals surface area contributed by atoms with Gasteiger partial charge in [-0.2, -0.15) is 0 Å². The number of para-hydroxylation sites is 3. The monoisotopic (exact) mass is 575 g/mol. The molecule has 0 saturated carbocycles. The first-order valence-electron chi connectivity index (χ1n) is 15.4. The summed E-state index contributed by atoms with van der Waals surface area (Å²) in [6.45, 7) is 0. The lowest BCUT2D eigenvalue weighted by Gasteiger charge is -2.26. The lowest BCUT2D eigenvalue weighted by atomic mass is 10.1. The summed E-state index contributed by atoms with van der Waals surface area (Å²) in [6.07, 6.45) is 2.21. The summed E-state index contributed by atoms with van der Waals surface area (Å²) in [5, 5.41) is 6.17. The van der Waals surface area contributed by atoms with E-state index >= 15 is 0 Å². The number of rotatable bonds is 5. The number of nitrogens with zero attached hydrogens (tertiary/aromatic N) is 3. The molecule has 0 atom stereocenters. The van der Waals surface area contributed by atoms with Crippen molar-refractivity contribution >= 4 is 60.5 Å². The minimum Gasteiger partial charge on any atom is -0.315 e. The molecule has 0 amide bonds. The molecule has 0 saturated heterocycles. The zero-order valence-corrected chi connectivity index (χ0v) is 24.6. The molecule has 3 heteroatoms. The summed E-state index contributed by atoms with van der Waals surface area (Å²) in [5.74, 6) is 0. The van der Waals surface area contributed by atoms with E-state index in [-0.39, 0.29) is 0 Å². The van der Waals surface area contributed by atoms with Gasteiger partial charge in [0.2, 0.25) is 0 Å². The van der Waals surface area contributed by atoms with Crippen molar-refractivity contribution in [2.24, 2.45) is 0 Å². The lowest BCUT2D eigenvalue weighted by Crippen LogP contribution is -2.10. The van der Waals surface area contributed by atoms with Crippen LogP contribution in [0.2, 0.25) is 0 Å². The van der Waals surface area contributed by atoms with Crippen molar-refractivity contribution in [2.75, 3.05) is 4.90 Å². The summed E-state index contributed by atoms with van der Waals surface area (Å²) in [5.41, 5.74) is 9.23. The van der Waals surface area contributed by atoms with Crippen LogP contribution in [-0.2, 0) is 0 Å². The molecule has 0 aliphatic carbocycles. The number of fused-ring (bicyclic) bond motifs is 6. The SMILES string of the molecule is c1ccc(N(c2cccc(-n3ccc4ccc5c6ccccc6n(-c6ccccc6)c5c43)c2)c2ccc3ccccc3c2)cc1. The Balaban J connectivity index is 1.28. The zero-order chi connectivity index (χ0) is 29.7. The first kappa shape index (κ1) is 25.4. The molecule has 45 heavy (non-hydrogen) atoms. The van der Waals surface area contributed by atoms with Crippen LogP contribution in [-0.4, -0.2) is 9.13 Å². The topological polar surface area (TPSA) is 13.1 Å². The molecule has 0 N–H and O–H groups in total. The molecule has 0 bridgehead atoms. The van der Waals surface area contributed by atoms with E-state index in [2.05, 4.69) is 190 Å². The first-order valence-corrected chi connectivity index (χ1v) is 15.4. The van der Waals surface area contributed by atoms with E-state index < -0.39 is 0 Å². The number of hydrogen-bond acceptors (Lipinski definition) is 1. The van der Waals surface area contributed by atoms with Crippen LogP contribution in [0, 0.1) is 0 Å². The third-order valence-corrected chi connectivity index (χ3v) is 8.87. The molecule has 0 unspecified atom stereocenters. The third-order valence-electron chi connectivity index (χ3n) is 8.87. The Labute approximate surface area is 261 Å². The molecule has 7 aromatic carbocycles. The zero-order valence-electron chi connectivity index (χ0n) is 24.6. The van der Waals surface area contributed by atoms with Crippen molar-refractivity contribution in [2.45, 2.75) is 0 Å². The number of benzene rings is 7. The number of aromatic nitrogens is 2. The van der Waals surface area contributed by atoms with Gasteiger partial charge in [0, 0.05) is 50.8 Å². The van der Waals surface area contributed by atoms with E-state index in [0.717, 1.165) is 28.4 Å². The Hall–Kier alpha value is -6.06. The highest BCUT2D eigenvalue weighted by molar-refractivity contribution is 6.18. The predicted molar refractivity (Wildman–Crippen MR) is 190 cm³/mol. The summed E-state index contributed by atoms with van der Waals surface area (Å²) in [7, 11) is 0. The van der Waals surface area contributed by atoms with E-state index in [9.17, 15) is 0 Å². The van der Waals surface area contributed by atoms with Gasteiger partial charge >= 0.3 is 0 Å². The van der Waals surface area contributed by atoms with Crippen LogP contribution in [0.5, 0.6) is 0 Å². The molecule has 9 aromatic rings. The molecule has 0 spiro atoms. The van der Waals surface area contributed by atoms with E-state index in [1.54, 1.807) is 0 Å².